The Hall–Kier alpha value is -2.90. The summed E-state index contributed by atoms with van der Waals surface area (Å²) in [7, 11) is 0. The van der Waals surface area contributed by atoms with Crippen LogP contribution in [0.3, 0.4) is 0 Å². The van der Waals surface area contributed by atoms with E-state index in [-0.39, 0.29) is 0 Å². The van der Waals surface area contributed by atoms with Crippen molar-refractivity contribution in [2.75, 3.05) is 11.9 Å². The van der Waals surface area contributed by atoms with Crippen molar-refractivity contribution in [2.24, 2.45) is 5.73 Å². The molecule has 2 rings (SSSR count). The van der Waals surface area contributed by atoms with E-state index in [1.54, 1.807) is 60.7 Å². The van der Waals surface area contributed by atoms with E-state index < -0.39 is 36.7 Å². The Morgan fingerprint density at radius 3 is 2.16 bits per heavy atom. The smallest absolute Gasteiger partial charge is 0.329 e. The van der Waals surface area contributed by atoms with Crippen LogP contribution in [0.2, 0.25) is 0 Å². The van der Waals surface area contributed by atoms with Crippen molar-refractivity contribution < 1.29 is 24.5 Å². The molecule has 0 aliphatic carbocycles. The summed E-state index contributed by atoms with van der Waals surface area (Å²) in [6.45, 7) is -0.418. The second-order valence-corrected chi connectivity index (χ2v) is 5.41. The summed E-state index contributed by atoms with van der Waals surface area (Å²) in [5, 5.41) is 22.1. The lowest BCUT2D eigenvalue weighted by molar-refractivity contribution is -0.150. The quantitative estimate of drug-likeness (QED) is 0.530. The summed E-state index contributed by atoms with van der Waals surface area (Å²) in [5.74, 6) is -2.05. The number of anilines is 1. The van der Waals surface area contributed by atoms with E-state index in [4.69, 9.17) is 10.5 Å². The van der Waals surface area contributed by atoms with Crippen molar-refractivity contribution in [3.8, 4) is 0 Å². The number of nitrogens with one attached hydrogen (secondary N) is 1. The van der Waals surface area contributed by atoms with Crippen molar-refractivity contribution in [3.05, 3.63) is 66.2 Å². The topological polar surface area (TPSA) is 122 Å². The fraction of sp³-hybridized carbons (Fsp3) is 0.222. The summed E-state index contributed by atoms with van der Waals surface area (Å²) in [6.07, 6.45) is -1.24. The molecule has 0 saturated heterocycles. The predicted molar refractivity (Wildman–Crippen MR) is 91.8 cm³/mol. The largest absolute Gasteiger partial charge is 0.480 e. The molecule has 5 N–H and O–H groups in total. The highest BCUT2D eigenvalue weighted by Crippen LogP contribution is 2.16. The molecule has 0 fully saturated rings. The van der Waals surface area contributed by atoms with Gasteiger partial charge in [-0.15, -0.1) is 0 Å². The third-order valence-corrected chi connectivity index (χ3v) is 3.56. The molecule has 7 nitrogen and oxygen atoms in total. The van der Waals surface area contributed by atoms with E-state index in [2.05, 4.69) is 5.32 Å². The summed E-state index contributed by atoms with van der Waals surface area (Å²) >= 11 is 0. The maximum atomic E-state index is 12.0. The molecule has 0 aliphatic heterocycles. The minimum absolute atomic E-state index is 0.418. The summed E-state index contributed by atoms with van der Waals surface area (Å²) < 4.78 is 4.97. The first-order valence-electron chi connectivity index (χ1n) is 7.68. The highest BCUT2D eigenvalue weighted by atomic mass is 16.5. The van der Waals surface area contributed by atoms with E-state index in [0.717, 1.165) is 0 Å². The highest BCUT2D eigenvalue weighted by molar-refractivity contribution is 5.80. The molecule has 3 atom stereocenters. The average molecular weight is 344 g/mol. The number of carbonyl (C=O) groups is 2. The number of benzene rings is 2. The van der Waals surface area contributed by atoms with Gasteiger partial charge in [0.15, 0.2) is 6.04 Å². The zero-order valence-electron chi connectivity index (χ0n) is 13.4. The van der Waals surface area contributed by atoms with Crippen LogP contribution in [0.15, 0.2) is 60.7 Å². The van der Waals surface area contributed by atoms with Crippen LogP contribution < -0.4 is 11.1 Å². The molecule has 1 unspecified atom stereocenters. The van der Waals surface area contributed by atoms with Crippen LogP contribution in [-0.2, 0) is 14.3 Å². The Labute approximate surface area is 145 Å². The minimum atomic E-state index is -1.31. The Kier molecular flexibility index (Phi) is 6.50. The van der Waals surface area contributed by atoms with Crippen molar-refractivity contribution in [2.45, 2.75) is 18.2 Å². The van der Waals surface area contributed by atoms with E-state index in [1.165, 1.54) is 0 Å². The third kappa shape index (κ3) is 5.30. The summed E-state index contributed by atoms with van der Waals surface area (Å²) in [5.41, 5.74) is 6.77. The lowest BCUT2D eigenvalue weighted by Gasteiger charge is -2.20. The molecule has 0 saturated carbocycles. The normalized spacial score (nSPS) is 14.2. The Morgan fingerprint density at radius 1 is 1.04 bits per heavy atom. The second kappa shape index (κ2) is 8.81. The van der Waals surface area contributed by atoms with Gasteiger partial charge < -0.3 is 26.0 Å². The number of ether oxygens (including phenoxy) is 1. The molecule has 2 aromatic rings. The Bertz CT molecular complexity index is 693. The molecule has 0 bridgehead atoms. The van der Waals surface area contributed by atoms with Gasteiger partial charge in [-0.2, -0.15) is 0 Å². The lowest BCUT2D eigenvalue weighted by Crippen LogP contribution is -2.41. The number of carboxylic acid groups (broad SMARTS) is 1. The number of nitrogens with two attached hydrogens (primary N) is 1. The molecule has 0 amide bonds. The van der Waals surface area contributed by atoms with Gasteiger partial charge in [0.1, 0.15) is 18.8 Å². The van der Waals surface area contributed by atoms with Crippen molar-refractivity contribution >= 4 is 17.6 Å². The van der Waals surface area contributed by atoms with Crippen LogP contribution in [0.1, 0.15) is 11.7 Å². The van der Waals surface area contributed by atoms with Crippen LogP contribution in [0.4, 0.5) is 5.69 Å². The van der Waals surface area contributed by atoms with E-state index in [9.17, 15) is 19.8 Å². The fourth-order valence-electron chi connectivity index (χ4n) is 2.16. The first kappa shape index (κ1) is 18.4. The number of hydrogen-bond acceptors (Lipinski definition) is 6. The van der Waals surface area contributed by atoms with Gasteiger partial charge in [0.25, 0.3) is 0 Å². The molecule has 0 radical (unpaired) electrons. The molecule has 0 spiro atoms. The van der Waals surface area contributed by atoms with Crippen LogP contribution in [0.5, 0.6) is 0 Å². The number of rotatable bonds is 8. The maximum absolute atomic E-state index is 12.0. The number of aliphatic hydroxyl groups excluding tert-OH is 1. The van der Waals surface area contributed by atoms with Crippen LogP contribution in [0, 0.1) is 0 Å². The fourth-order valence-corrected chi connectivity index (χ4v) is 2.16. The zero-order valence-corrected chi connectivity index (χ0v) is 13.4. The summed E-state index contributed by atoms with van der Waals surface area (Å²) in [4.78, 5) is 23.3. The van der Waals surface area contributed by atoms with E-state index >= 15 is 0 Å². The molecule has 0 heterocycles. The van der Waals surface area contributed by atoms with Gasteiger partial charge in [-0.05, 0) is 17.7 Å². The Morgan fingerprint density at radius 2 is 1.60 bits per heavy atom. The van der Waals surface area contributed by atoms with Gasteiger partial charge in [0.2, 0.25) is 0 Å². The maximum Gasteiger partial charge on any atom is 0.329 e. The van der Waals surface area contributed by atoms with Gasteiger partial charge in [-0.1, -0.05) is 48.5 Å². The number of carboxylic acids is 1. The standard InChI is InChI=1S/C18H20N2O5/c19-15(16(21)12-7-3-1-4-8-12)18(24)25-11-14(17(22)23)20-13-9-5-2-6-10-13/h1-10,14-16,20-21H,11,19H2,(H,22,23)/t14-,15-,16?/m0/s1. The molecule has 132 valence electrons. The van der Waals surface area contributed by atoms with Gasteiger partial charge in [-0.3, -0.25) is 4.79 Å². The lowest BCUT2D eigenvalue weighted by atomic mass is 10.0. The SMILES string of the molecule is N[C@H](C(=O)OC[C@H](Nc1ccccc1)C(=O)O)C(O)c1ccccc1. The summed E-state index contributed by atoms with van der Waals surface area (Å²) in [6, 6.07) is 14.7. The molecule has 25 heavy (non-hydrogen) atoms. The molecular formula is C18H20N2O5. The van der Waals surface area contributed by atoms with Crippen molar-refractivity contribution in [1.82, 2.24) is 0 Å². The first-order valence-corrected chi connectivity index (χ1v) is 7.68. The minimum Gasteiger partial charge on any atom is -0.480 e. The van der Waals surface area contributed by atoms with Crippen LogP contribution in [-0.4, -0.2) is 40.8 Å². The molecule has 7 heteroatoms. The van der Waals surface area contributed by atoms with Crippen molar-refractivity contribution in [3.63, 3.8) is 0 Å². The number of aliphatic hydroxyl groups is 1. The molecular weight excluding hydrogens is 324 g/mol. The highest BCUT2D eigenvalue weighted by Gasteiger charge is 2.27. The molecule has 0 aromatic heterocycles. The van der Waals surface area contributed by atoms with Crippen molar-refractivity contribution in [1.29, 1.82) is 0 Å². The van der Waals surface area contributed by atoms with Gasteiger partial charge in [0, 0.05) is 5.69 Å². The number of carbonyl (C=O) groups excluding carboxylic acids is 1. The van der Waals surface area contributed by atoms with Crippen LogP contribution in [0.25, 0.3) is 0 Å². The molecule has 0 aliphatic rings. The second-order valence-electron chi connectivity index (χ2n) is 5.41. The number of aliphatic carboxylic acids is 1. The zero-order chi connectivity index (χ0) is 18.2. The van der Waals surface area contributed by atoms with Gasteiger partial charge in [-0.25, -0.2) is 4.79 Å². The van der Waals surface area contributed by atoms with Gasteiger partial charge in [0.05, 0.1) is 0 Å². The monoisotopic (exact) mass is 344 g/mol. The molecule has 2 aromatic carbocycles. The van der Waals surface area contributed by atoms with Gasteiger partial charge >= 0.3 is 11.9 Å². The number of hydrogen-bond donors (Lipinski definition) is 4. The first-order chi connectivity index (χ1) is 12.0. The average Bonchev–Trinajstić information content (AvgIpc) is 2.65. The Balaban J connectivity index is 1.93. The number of para-hydroxylation sites is 1. The van der Waals surface area contributed by atoms with E-state index in [1.807, 2.05) is 0 Å². The van der Waals surface area contributed by atoms with E-state index in [0.29, 0.717) is 11.3 Å². The third-order valence-electron chi connectivity index (χ3n) is 3.56. The predicted octanol–water partition coefficient (Wildman–Crippen LogP) is 1.16. The van der Waals surface area contributed by atoms with Crippen LogP contribution >= 0.6 is 0 Å². The number of esters is 1.